The number of hydrogen-bond donors (Lipinski definition) is 2. The fourth-order valence-electron chi connectivity index (χ4n) is 2.30. The van der Waals surface area contributed by atoms with Gasteiger partial charge in [0.25, 0.3) is 11.8 Å². The van der Waals surface area contributed by atoms with E-state index in [2.05, 4.69) is 10.6 Å². The van der Waals surface area contributed by atoms with E-state index in [4.69, 9.17) is 23.2 Å². The summed E-state index contributed by atoms with van der Waals surface area (Å²) in [6.07, 6.45) is 0. The number of para-hydroxylation sites is 1. The van der Waals surface area contributed by atoms with E-state index in [0.29, 0.717) is 32.5 Å². The summed E-state index contributed by atoms with van der Waals surface area (Å²) in [4.78, 5) is 24.8. The van der Waals surface area contributed by atoms with Crippen LogP contribution in [0.3, 0.4) is 0 Å². The molecule has 0 saturated heterocycles. The summed E-state index contributed by atoms with van der Waals surface area (Å²) in [6.45, 7) is 0. The Morgan fingerprint density at radius 3 is 1.85 bits per heavy atom. The van der Waals surface area contributed by atoms with Crippen molar-refractivity contribution in [1.82, 2.24) is 0 Å². The predicted octanol–water partition coefficient (Wildman–Crippen LogP) is 5.50. The van der Waals surface area contributed by atoms with Gasteiger partial charge in [0.15, 0.2) is 0 Å². The van der Waals surface area contributed by atoms with Crippen molar-refractivity contribution in [1.29, 1.82) is 0 Å². The lowest BCUT2D eigenvalue weighted by molar-refractivity contribution is 0.102. The first-order valence-electron chi connectivity index (χ1n) is 7.76. The molecule has 0 spiro atoms. The summed E-state index contributed by atoms with van der Waals surface area (Å²) < 4.78 is 0. The van der Waals surface area contributed by atoms with Crippen LogP contribution in [0.25, 0.3) is 0 Å². The highest BCUT2D eigenvalue weighted by Gasteiger charge is 2.11. The molecule has 0 aliphatic carbocycles. The van der Waals surface area contributed by atoms with Gasteiger partial charge in [-0.1, -0.05) is 47.5 Å². The molecule has 0 aliphatic heterocycles. The molecule has 0 aliphatic rings. The normalized spacial score (nSPS) is 10.2. The number of nitrogens with one attached hydrogen (secondary N) is 2. The number of amides is 2. The van der Waals surface area contributed by atoms with Crippen LogP contribution in [0.4, 0.5) is 11.4 Å². The zero-order valence-electron chi connectivity index (χ0n) is 13.5. The van der Waals surface area contributed by atoms with Crippen LogP contribution < -0.4 is 10.6 Å². The Labute approximate surface area is 160 Å². The zero-order chi connectivity index (χ0) is 18.5. The van der Waals surface area contributed by atoms with Gasteiger partial charge in [0.05, 0.1) is 10.0 Å². The van der Waals surface area contributed by atoms with Crippen molar-refractivity contribution in [3.8, 4) is 0 Å². The molecule has 2 N–H and O–H groups in total. The smallest absolute Gasteiger partial charge is 0.255 e. The van der Waals surface area contributed by atoms with E-state index in [-0.39, 0.29) is 11.8 Å². The van der Waals surface area contributed by atoms with E-state index in [1.165, 1.54) is 6.07 Å². The number of rotatable bonds is 4. The Morgan fingerprint density at radius 2 is 1.23 bits per heavy atom. The second kappa shape index (κ2) is 8.04. The van der Waals surface area contributed by atoms with Gasteiger partial charge in [-0.15, -0.1) is 0 Å². The van der Waals surface area contributed by atoms with E-state index < -0.39 is 0 Å². The average molecular weight is 385 g/mol. The third-order valence-electron chi connectivity index (χ3n) is 3.60. The van der Waals surface area contributed by atoms with E-state index in [0.717, 1.165) is 0 Å². The second-order valence-corrected chi connectivity index (χ2v) is 6.30. The van der Waals surface area contributed by atoms with Gasteiger partial charge in [-0.05, 0) is 48.5 Å². The summed E-state index contributed by atoms with van der Waals surface area (Å²) in [7, 11) is 0. The van der Waals surface area contributed by atoms with Crippen molar-refractivity contribution in [2.45, 2.75) is 0 Å². The standard InChI is InChI=1S/C20H14Cl2N2O2/c21-17-10-9-16(12-18(17)22)24-20(26)14-6-4-5-13(11-14)19(25)23-15-7-2-1-3-8-15/h1-12H,(H,23,25)(H,24,26). The monoisotopic (exact) mass is 384 g/mol. The van der Waals surface area contributed by atoms with Crippen LogP contribution in [0.2, 0.25) is 10.0 Å². The van der Waals surface area contributed by atoms with Gasteiger partial charge >= 0.3 is 0 Å². The lowest BCUT2D eigenvalue weighted by atomic mass is 10.1. The van der Waals surface area contributed by atoms with Gasteiger partial charge in [0, 0.05) is 22.5 Å². The molecule has 0 saturated carbocycles. The molecule has 0 aromatic heterocycles. The van der Waals surface area contributed by atoms with Crippen molar-refractivity contribution >= 4 is 46.4 Å². The molecule has 3 aromatic rings. The van der Waals surface area contributed by atoms with Crippen LogP contribution >= 0.6 is 23.2 Å². The fourth-order valence-corrected chi connectivity index (χ4v) is 2.60. The molecule has 0 unspecified atom stereocenters. The van der Waals surface area contributed by atoms with Crippen molar-refractivity contribution in [2.24, 2.45) is 0 Å². The number of halogens is 2. The molecule has 6 heteroatoms. The van der Waals surface area contributed by atoms with Crippen LogP contribution in [0.15, 0.2) is 72.8 Å². The molecule has 3 aromatic carbocycles. The third kappa shape index (κ3) is 4.42. The van der Waals surface area contributed by atoms with E-state index >= 15 is 0 Å². The maximum atomic E-state index is 12.4. The number of carbonyl (C=O) groups excluding carboxylic acids is 2. The first-order chi connectivity index (χ1) is 12.5. The van der Waals surface area contributed by atoms with Gasteiger partial charge in [-0.3, -0.25) is 9.59 Å². The molecule has 4 nitrogen and oxygen atoms in total. The van der Waals surface area contributed by atoms with Gasteiger partial charge in [0.1, 0.15) is 0 Å². The minimum Gasteiger partial charge on any atom is -0.322 e. The molecule has 0 radical (unpaired) electrons. The lowest BCUT2D eigenvalue weighted by Crippen LogP contribution is -2.15. The number of hydrogen-bond acceptors (Lipinski definition) is 2. The fraction of sp³-hybridized carbons (Fsp3) is 0. The predicted molar refractivity (Wildman–Crippen MR) is 105 cm³/mol. The van der Waals surface area contributed by atoms with Gasteiger partial charge in [-0.25, -0.2) is 0 Å². The maximum absolute atomic E-state index is 12.4. The minimum absolute atomic E-state index is 0.291. The first-order valence-corrected chi connectivity index (χ1v) is 8.51. The highest BCUT2D eigenvalue weighted by molar-refractivity contribution is 6.42. The van der Waals surface area contributed by atoms with Crippen LogP contribution in [0, 0.1) is 0 Å². The summed E-state index contributed by atoms with van der Waals surface area (Å²) in [5.74, 6) is -0.641. The highest BCUT2D eigenvalue weighted by atomic mass is 35.5. The average Bonchev–Trinajstić information content (AvgIpc) is 2.65. The summed E-state index contributed by atoms with van der Waals surface area (Å²) in [5, 5.41) is 6.27. The zero-order valence-corrected chi connectivity index (χ0v) is 15.0. The Kier molecular flexibility index (Phi) is 5.56. The molecular weight excluding hydrogens is 371 g/mol. The Bertz CT molecular complexity index is 959. The molecular formula is C20H14Cl2N2O2. The number of anilines is 2. The van der Waals surface area contributed by atoms with Crippen molar-refractivity contribution in [3.63, 3.8) is 0 Å². The molecule has 3 rings (SSSR count). The maximum Gasteiger partial charge on any atom is 0.255 e. The summed E-state index contributed by atoms with van der Waals surface area (Å²) >= 11 is 11.8. The van der Waals surface area contributed by atoms with Crippen LogP contribution in [-0.2, 0) is 0 Å². The van der Waals surface area contributed by atoms with Crippen LogP contribution in [0.1, 0.15) is 20.7 Å². The molecule has 0 atom stereocenters. The highest BCUT2D eigenvalue weighted by Crippen LogP contribution is 2.25. The molecule has 0 heterocycles. The molecule has 0 bridgehead atoms. The molecule has 0 fully saturated rings. The van der Waals surface area contributed by atoms with Crippen molar-refractivity contribution in [2.75, 3.05) is 10.6 Å². The van der Waals surface area contributed by atoms with Crippen LogP contribution in [-0.4, -0.2) is 11.8 Å². The van der Waals surface area contributed by atoms with Crippen molar-refractivity contribution in [3.05, 3.63) is 94.0 Å². The quantitative estimate of drug-likeness (QED) is 0.623. The Balaban J connectivity index is 1.74. The van der Waals surface area contributed by atoms with Gasteiger partial charge in [-0.2, -0.15) is 0 Å². The number of benzene rings is 3. The van der Waals surface area contributed by atoms with Crippen LogP contribution in [0.5, 0.6) is 0 Å². The van der Waals surface area contributed by atoms with E-state index in [1.54, 1.807) is 48.5 Å². The van der Waals surface area contributed by atoms with E-state index in [9.17, 15) is 9.59 Å². The molecule has 130 valence electrons. The number of carbonyl (C=O) groups is 2. The molecule has 26 heavy (non-hydrogen) atoms. The van der Waals surface area contributed by atoms with E-state index in [1.807, 2.05) is 18.2 Å². The summed E-state index contributed by atoms with van der Waals surface area (Å²) in [6, 6.07) is 20.4. The van der Waals surface area contributed by atoms with Gasteiger partial charge in [0.2, 0.25) is 0 Å². The second-order valence-electron chi connectivity index (χ2n) is 5.48. The third-order valence-corrected chi connectivity index (χ3v) is 4.34. The summed E-state index contributed by atoms with van der Waals surface area (Å²) in [5.41, 5.74) is 1.94. The van der Waals surface area contributed by atoms with Gasteiger partial charge < -0.3 is 10.6 Å². The Hall–Kier alpha value is -2.82. The first kappa shape index (κ1) is 18.0. The topological polar surface area (TPSA) is 58.2 Å². The SMILES string of the molecule is O=C(Nc1ccccc1)c1cccc(C(=O)Nc2ccc(Cl)c(Cl)c2)c1. The minimum atomic E-state index is -0.349. The molecule has 2 amide bonds. The van der Waals surface area contributed by atoms with Crippen molar-refractivity contribution < 1.29 is 9.59 Å². The lowest BCUT2D eigenvalue weighted by Gasteiger charge is -2.09. The largest absolute Gasteiger partial charge is 0.322 e. The Morgan fingerprint density at radius 1 is 0.615 bits per heavy atom.